The van der Waals surface area contributed by atoms with Gasteiger partial charge in [0, 0.05) is 41.0 Å². The van der Waals surface area contributed by atoms with Crippen molar-refractivity contribution in [1.82, 2.24) is 20.9 Å². The maximum absolute atomic E-state index is 13.2. The number of hydrogen-bond acceptors (Lipinski definition) is 4. The molecule has 1 heterocycles. The van der Waals surface area contributed by atoms with Gasteiger partial charge in [-0.2, -0.15) is 0 Å². The molecule has 41 heavy (non-hydrogen) atoms. The van der Waals surface area contributed by atoms with Crippen LogP contribution in [0.1, 0.15) is 53.2 Å². The Bertz CT molecular complexity index is 1430. The molecule has 6 nitrogen and oxygen atoms in total. The van der Waals surface area contributed by atoms with Crippen LogP contribution >= 0.6 is 11.6 Å². The first kappa shape index (κ1) is 28.5. The van der Waals surface area contributed by atoms with Gasteiger partial charge in [-0.05, 0) is 85.3 Å². The topological polar surface area (TPSA) is 83.1 Å². The van der Waals surface area contributed by atoms with Crippen LogP contribution < -0.4 is 16.0 Å². The molecule has 3 atom stereocenters. The molecule has 210 valence electrons. The fraction of sp³-hybridized carbons (Fsp3) is 0.265. The molecule has 1 aliphatic rings. The van der Waals surface area contributed by atoms with Gasteiger partial charge in [0.15, 0.2) is 0 Å². The largest absolute Gasteiger partial charge is 0.350 e. The van der Waals surface area contributed by atoms with Crippen LogP contribution in [-0.2, 0) is 11.3 Å². The fourth-order valence-electron chi connectivity index (χ4n) is 5.02. The lowest BCUT2D eigenvalue weighted by molar-refractivity contribution is -0.123. The van der Waals surface area contributed by atoms with E-state index in [1.807, 2.05) is 79.0 Å². The Balaban J connectivity index is 1.15. The van der Waals surface area contributed by atoms with Gasteiger partial charge in [-0.25, -0.2) is 0 Å². The van der Waals surface area contributed by atoms with Gasteiger partial charge in [0.25, 0.3) is 5.91 Å². The Hall–Kier alpha value is -4.00. The van der Waals surface area contributed by atoms with Crippen LogP contribution in [0.3, 0.4) is 0 Å². The van der Waals surface area contributed by atoms with Gasteiger partial charge in [-0.1, -0.05) is 72.3 Å². The van der Waals surface area contributed by atoms with Crippen molar-refractivity contribution in [3.05, 3.63) is 125 Å². The average molecular weight is 567 g/mol. The Morgan fingerprint density at radius 2 is 1.66 bits per heavy atom. The van der Waals surface area contributed by atoms with Crippen molar-refractivity contribution in [3.8, 4) is 11.1 Å². The number of unbranched alkanes of at least 4 members (excludes halogenated alkanes) is 1. The highest BCUT2D eigenvalue weighted by Crippen LogP contribution is 2.39. The molecular formula is C34H35ClN4O2. The van der Waals surface area contributed by atoms with Gasteiger partial charge in [-0.15, -0.1) is 0 Å². The maximum Gasteiger partial charge on any atom is 0.251 e. The molecule has 1 aliphatic carbocycles. The number of halogens is 1. The first-order chi connectivity index (χ1) is 20.1. The Kier molecular flexibility index (Phi) is 9.78. The summed E-state index contributed by atoms with van der Waals surface area (Å²) in [6.07, 6.45) is 5.20. The van der Waals surface area contributed by atoms with E-state index >= 15 is 0 Å². The van der Waals surface area contributed by atoms with Crippen molar-refractivity contribution in [2.24, 2.45) is 0 Å². The van der Waals surface area contributed by atoms with Crippen molar-refractivity contribution in [2.45, 2.75) is 50.2 Å². The monoisotopic (exact) mass is 566 g/mol. The molecule has 0 spiro atoms. The summed E-state index contributed by atoms with van der Waals surface area (Å²) in [6, 6.07) is 30.7. The summed E-state index contributed by atoms with van der Waals surface area (Å²) in [7, 11) is 0. The van der Waals surface area contributed by atoms with E-state index in [0.717, 1.165) is 48.2 Å². The summed E-state index contributed by atoms with van der Waals surface area (Å²) >= 11 is 6.10. The molecule has 1 saturated carbocycles. The van der Waals surface area contributed by atoms with E-state index in [0.29, 0.717) is 35.5 Å². The predicted molar refractivity (Wildman–Crippen MR) is 164 cm³/mol. The lowest BCUT2D eigenvalue weighted by Crippen LogP contribution is -2.46. The first-order valence-electron chi connectivity index (χ1n) is 14.2. The summed E-state index contributed by atoms with van der Waals surface area (Å²) in [5.74, 6) is 0.0141. The van der Waals surface area contributed by atoms with Gasteiger partial charge in [0.1, 0.15) is 6.04 Å². The van der Waals surface area contributed by atoms with Crippen LogP contribution in [0, 0.1) is 0 Å². The molecule has 1 fully saturated rings. The zero-order chi connectivity index (χ0) is 28.4. The van der Waals surface area contributed by atoms with E-state index < -0.39 is 6.04 Å². The third-order valence-corrected chi connectivity index (χ3v) is 7.65. The molecular weight excluding hydrogens is 532 g/mol. The van der Waals surface area contributed by atoms with Crippen LogP contribution in [0.2, 0.25) is 5.02 Å². The van der Waals surface area contributed by atoms with Crippen molar-refractivity contribution in [2.75, 3.05) is 6.54 Å². The highest BCUT2D eigenvalue weighted by molar-refractivity contribution is 6.30. The van der Waals surface area contributed by atoms with Gasteiger partial charge < -0.3 is 16.0 Å². The van der Waals surface area contributed by atoms with Crippen LogP contribution in [0.15, 0.2) is 103 Å². The molecule has 1 unspecified atom stereocenters. The molecule has 1 aromatic heterocycles. The van der Waals surface area contributed by atoms with Crippen molar-refractivity contribution < 1.29 is 9.59 Å². The molecule has 0 bridgehead atoms. The van der Waals surface area contributed by atoms with Crippen molar-refractivity contribution in [3.63, 3.8) is 0 Å². The SMILES string of the molecule is O=C(NC(CCCCN[C@@H]1C[C@H]1c1ccccn1)C(=O)NCc1cccc(Cl)c1)c1ccc(-c2ccccc2)cc1. The minimum atomic E-state index is -0.641. The molecule has 7 heteroatoms. The minimum Gasteiger partial charge on any atom is -0.350 e. The number of hydrogen-bond donors (Lipinski definition) is 3. The Morgan fingerprint density at radius 3 is 2.41 bits per heavy atom. The lowest BCUT2D eigenvalue weighted by Gasteiger charge is -2.19. The van der Waals surface area contributed by atoms with Crippen LogP contribution in [0.4, 0.5) is 0 Å². The Morgan fingerprint density at radius 1 is 0.878 bits per heavy atom. The van der Waals surface area contributed by atoms with Crippen molar-refractivity contribution >= 4 is 23.4 Å². The van der Waals surface area contributed by atoms with E-state index in [2.05, 4.69) is 27.0 Å². The number of nitrogens with one attached hydrogen (secondary N) is 3. The van der Waals surface area contributed by atoms with Gasteiger partial charge in [0.05, 0.1) is 0 Å². The molecule has 2 amide bonds. The molecule has 0 radical (unpaired) electrons. The van der Waals surface area contributed by atoms with E-state index in [-0.39, 0.29) is 11.8 Å². The smallest absolute Gasteiger partial charge is 0.251 e. The number of nitrogens with zero attached hydrogens (tertiary/aromatic N) is 1. The molecule has 0 aliphatic heterocycles. The van der Waals surface area contributed by atoms with Gasteiger partial charge in [-0.3, -0.25) is 14.6 Å². The second kappa shape index (κ2) is 14.1. The highest BCUT2D eigenvalue weighted by atomic mass is 35.5. The fourth-order valence-corrected chi connectivity index (χ4v) is 5.23. The van der Waals surface area contributed by atoms with E-state index in [1.165, 1.54) is 0 Å². The molecule has 3 N–H and O–H groups in total. The average Bonchev–Trinajstić information content (AvgIpc) is 3.80. The zero-order valence-corrected chi connectivity index (χ0v) is 23.7. The number of carbonyl (C=O) groups excluding carboxylic acids is 2. The third kappa shape index (κ3) is 8.26. The third-order valence-electron chi connectivity index (χ3n) is 7.42. The Labute approximate surface area is 246 Å². The van der Waals surface area contributed by atoms with E-state index in [1.54, 1.807) is 18.2 Å². The van der Waals surface area contributed by atoms with Gasteiger partial charge >= 0.3 is 0 Å². The number of rotatable bonds is 13. The zero-order valence-electron chi connectivity index (χ0n) is 22.9. The quantitative estimate of drug-likeness (QED) is 0.170. The van der Waals surface area contributed by atoms with Crippen molar-refractivity contribution in [1.29, 1.82) is 0 Å². The van der Waals surface area contributed by atoms with Crippen LogP contribution in [0.25, 0.3) is 11.1 Å². The van der Waals surface area contributed by atoms with Crippen LogP contribution in [0.5, 0.6) is 0 Å². The summed E-state index contributed by atoms with van der Waals surface area (Å²) in [6.45, 7) is 1.20. The highest BCUT2D eigenvalue weighted by Gasteiger charge is 2.38. The molecule has 0 saturated heterocycles. The minimum absolute atomic E-state index is 0.204. The first-order valence-corrected chi connectivity index (χ1v) is 14.6. The number of pyridine rings is 1. The standard InChI is InChI=1S/C34H35ClN4O2/c35-28-12-8-9-24(21-28)23-38-34(41)31(14-5-7-20-37-32-22-29(32)30-13-4-6-19-36-30)39-33(40)27-17-15-26(16-18-27)25-10-2-1-3-11-25/h1-4,6,8-13,15-19,21,29,31-32,37H,5,7,14,20,22-23H2,(H,38,41)(H,39,40)/t29-,31?,32+/m0/s1. The number of aromatic nitrogens is 1. The lowest BCUT2D eigenvalue weighted by atomic mass is 10.0. The maximum atomic E-state index is 13.2. The normalized spacial score (nSPS) is 16.5. The van der Waals surface area contributed by atoms with E-state index in [9.17, 15) is 9.59 Å². The number of amides is 2. The predicted octanol–water partition coefficient (Wildman–Crippen LogP) is 6.13. The molecule has 5 rings (SSSR count). The van der Waals surface area contributed by atoms with Gasteiger partial charge in [0.2, 0.25) is 5.91 Å². The molecule has 3 aromatic carbocycles. The summed E-state index contributed by atoms with van der Waals surface area (Å²) in [5.41, 5.74) is 4.69. The van der Waals surface area contributed by atoms with E-state index in [4.69, 9.17) is 11.6 Å². The second-order valence-corrected chi connectivity index (χ2v) is 10.9. The van der Waals surface area contributed by atoms with Crippen LogP contribution in [-0.4, -0.2) is 35.4 Å². The summed E-state index contributed by atoms with van der Waals surface area (Å²) in [5, 5.41) is 10.2. The number of benzene rings is 3. The summed E-state index contributed by atoms with van der Waals surface area (Å²) in [4.78, 5) is 30.8. The summed E-state index contributed by atoms with van der Waals surface area (Å²) < 4.78 is 0. The molecule has 4 aromatic rings. The number of carbonyl (C=O) groups is 2. The second-order valence-electron chi connectivity index (χ2n) is 10.5.